The van der Waals surface area contributed by atoms with Gasteiger partial charge in [0, 0.05) is 12.1 Å². The maximum Gasteiger partial charge on any atom is 0.141 e. The van der Waals surface area contributed by atoms with Crippen LogP contribution in [0.3, 0.4) is 0 Å². The van der Waals surface area contributed by atoms with Gasteiger partial charge < -0.3 is 5.32 Å². The van der Waals surface area contributed by atoms with E-state index in [0.717, 1.165) is 11.6 Å². The lowest BCUT2D eigenvalue weighted by Gasteiger charge is -2.19. The summed E-state index contributed by atoms with van der Waals surface area (Å²) >= 11 is 5.79. The molecule has 1 atom stereocenters. The van der Waals surface area contributed by atoms with Gasteiger partial charge in [0.1, 0.15) is 17.5 Å². The number of benzene rings is 2. The Morgan fingerprint density at radius 3 is 2.29 bits per heavy atom. The van der Waals surface area contributed by atoms with Crippen molar-refractivity contribution in [3.63, 3.8) is 0 Å². The fourth-order valence-electron chi connectivity index (χ4n) is 2.25. The first-order chi connectivity index (χ1) is 9.99. The van der Waals surface area contributed by atoms with Crippen LogP contribution < -0.4 is 5.32 Å². The normalized spacial score (nSPS) is 12.4. The largest absolute Gasteiger partial charge is 0.310 e. The van der Waals surface area contributed by atoms with Gasteiger partial charge in [-0.25, -0.2) is 13.2 Å². The van der Waals surface area contributed by atoms with Gasteiger partial charge in [0.05, 0.1) is 5.02 Å². The van der Waals surface area contributed by atoms with Crippen molar-refractivity contribution in [3.8, 4) is 0 Å². The van der Waals surface area contributed by atoms with E-state index in [-0.39, 0.29) is 11.1 Å². The van der Waals surface area contributed by atoms with E-state index in [1.807, 2.05) is 6.92 Å². The van der Waals surface area contributed by atoms with Crippen molar-refractivity contribution in [2.24, 2.45) is 0 Å². The third kappa shape index (κ3) is 4.22. The molecule has 1 nitrogen and oxygen atoms in total. The lowest BCUT2D eigenvalue weighted by molar-refractivity contribution is 0.537. The maximum atomic E-state index is 13.3. The first-order valence-corrected chi connectivity index (χ1v) is 7.00. The zero-order valence-electron chi connectivity index (χ0n) is 11.5. The second-order valence-electron chi connectivity index (χ2n) is 4.77. The highest BCUT2D eigenvalue weighted by molar-refractivity contribution is 6.30. The molecule has 1 unspecified atom stereocenters. The van der Waals surface area contributed by atoms with Gasteiger partial charge >= 0.3 is 0 Å². The molecule has 2 rings (SSSR count). The highest BCUT2D eigenvalue weighted by atomic mass is 35.5. The molecule has 0 spiro atoms. The summed E-state index contributed by atoms with van der Waals surface area (Å²) in [7, 11) is 0. The quantitative estimate of drug-likeness (QED) is 0.847. The van der Waals surface area contributed by atoms with Crippen molar-refractivity contribution in [1.82, 2.24) is 5.32 Å². The van der Waals surface area contributed by atoms with Gasteiger partial charge in [0.25, 0.3) is 0 Å². The Labute approximate surface area is 126 Å². The molecular formula is C16H15ClF3N. The Morgan fingerprint density at radius 2 is 1.71 bits per heavy atom. The van der Waals surface area contributed by atoms with Crippen LogP contribution in [0.2, 0.25) is 5.02 Å². The minimum absolute atomic E-state index is 0.0285. The van der Waals surface area contributed by atoms with E-state index in [1.165, 1.54) is 24.3 Å². The van der Waals surface area contributed by atoms with Gasteiger partial charge in [-0.05, 0) is 48.4 Å². The Balaban J connectivity index is 2.27. The lowest BCUT2D eigenvalue weighted by Crippen LogP contribution is -2.23. The van der Waals surface area contributed by atoms with Gasteiger partial charge in [-0.2, -0.15) is 0 Å². The molecule has 0 fully saturated rings. The predicted molar refractivity (Wildman–Crippen MR) is 77.9 cm³/mol. The van der Waals surface area contributed by atoms with E-state index in [9.17, 15) is 13.2 Å². The van der Waals surface area contributed by atoms with E-state index in [1.54, 1.807) is 6.07 Å². The minimum atomic E-state index is -0.614. The first-order valence-electron chi connectivity index (χ1n) is 6.63. The van der Waals surface area contributed by atoms with Crippen LogP contribution in [-0.4, -0.2) is 6.54 Å². The van der Waals surface area contributed by atoms with Gasteiger partial charge in [0.2, 0.25) is 0 Å². The minimum Gasteiger partial charge on any atom is -0.310 e. The van der Waals surface area contributed by atoms with E-state index in [2.05, 4.69) is 5.32 Å². The molecule has 0 saturated heterocycles. The third-order valence-corrected chi connectivity index (χ3v) is 3.45. The van der Waals surface area contributed by atoms with Crippen molar-refractivity contribution in [2.75, 3.05) is 6.54 Å². The number of rotatable bonds is 5. The van der Waals surface area contributed by atoms with Gasteiger partial charge in [-0.1, -0.05) is 24.6 Å². The van der Waals surface area contributed by atoms with E-state index in [0.29, 0.717) is 18.5 Å². The summed E-state index contributed by atoms with van der Waals surface area (Å²) in [5, 5.41) is 3.24. The van der Waals surface area contributed by atoms with Crippen LogP contribution >= 0.6 is 11.6 Å². The van der Waals surface area contributed by atoms with Crippen molar-refractivity contribution < 1.29 is 13.2 Å². The molecule has 0 radical (unpaired) electrons. The fourth-order valence-corrected chi connectivity index (χ4v) is 2.44. The number of halogens is 4. The van der Waals surface area contributed by atoms with Crippen LogP contribution in [-0.2, 0) is 6.42 Å². The topological polar surface area (TPSA) is 12.0 Å². The highest BCUT2D eigenvalue weighted by Crippen LogP contribution is 2.24. The number of hydrogen-bond acceptors (Lipinski definition) is 1. The Kier molecular flexibility index (Phi) is 5.26. The molecule has 0 aliphatic carbocycles. The lowest BCUT2D eigenvalue weighted by atomic mass is 9.98. The molecule has 5 heteroatoms. The van der Waals surface area contributed by atoms with Crippen LogP contribution in [0.15, 0.2) is 36.4 Å². The molecule has 21 heavy (non-hydrogen) atoms. The number of hydrogen-bond donors (Lipinski definition) is 1. The van der Waals surface area contributed by atoms with Crippen LogP contribution in [0.5, 0.6) is 0 Å². The molecule has 0 aromatic heterocycles. The Bertz CT molecular complexity index is 611. The second-order valence-corrected chi connectivity index (χ2v) is 5.17. The van der Waals surface area contributed by atoms with Crippen LogP contribution in [0, 0.1) is 17.5 Å². The monoisotopic (exact) mass is 313 g/mol. The zero-order valence-corrected chi connectivity index (χ0v) is 12.2. The van der Waals surface area contributed by atoms with Gasteiger partial charge in [0.15, 0.2) is 0 Å². The summed E-state index contributed by atoms with van der Waals surface area (Å²) in [5.74, 6) is -1.72. The highest BCUT2D eigenvalue weighted by Gasteiger charge is 2.14. The van der Waals surface area contributed by atoms with E-state index >= 15 is 0 Å². The summed E-state index contributed by atoms with van der Waals surface area (Å²) in [6.07, 6.45) is 0.379. The van der Waals surface area contributed by atoms with Crippen LogP contribution in [0.25, 0.3) is 0 Å². The van der Waals surface area contributed by atoms with Crippen molar-refractivity contribution in [3.05, 3.63) is 70.0 Å². The Morgan fingerprint density at radius 1 is 1.05 bits per heavy atom. The molecule has 2 aromatic rings. The number of nitrogens with one attached hydrogen (secondary N) is 1. The van der Waals surface area contributed by atoms with Crippen molar-refractivity contribution in [2.45, 2.75) is 19.4 Å². The van der Waals surface area contributed by atoms with Crippen molar-refractivity contribution >= 4 is 11.6 Å². The molecule has 2 aromatic carbocycles. The standard InChI is InChI=1S/C16H15ClF3N/c1-2-21-16(11-3-4-15(20)14(17)8-11)7-10-5-12(18)9-13(19)6-10/h3-6,8-9,16,21H,2,7H2,1H3. The average molecular weight is 314 g/mol. The Hall–Kier alpha value is -1.52. The SMILES string of the molecule is CCNC(Cc1cc(F)cc(F)c1)c1ccc(F)c(Cl)c1. The molecule has 0 saturated carbocycles. The zero-order chi connectivity index (χ0) is 15.4. The summed E-state index contributed by atoms with van der Waals surface area (Å²) in [6.45, 7) is 2.59. The fraction of sp³-hybridized carbons (Fsp3) is 0.250. The smallest absolute Gasteiger partial charge is 0.141 e. The molecule has 0 aliphatic heterocycles. The molecule has 0 bridgehead atoms. The van der Waals surface area contributed by atoms with Gasteiger partial charge in [-0.15, -0.1) is 0 Å². The summed E-state index contributed by atoms with van der Waals surface area (Å²) in [4.78, 5) is 0. The molecule has 112 valence electrons. The first kappa shape index (κ1) is 15.9. The molecule has 0 amide bonds. The van der Waals surface area contributed by atoms with E-state index < -0.39 is 17.5 Å². The maximum absolute atomic E-state index is 13.3. The molecular weight excluding hydrogens is 299 g/mol. The molecule has 0 heterocycles. The molecule has 1 N–H and O–H groups in total. The van der Waals surface area contributed by atoms with Crippen LogP contribution in [0.4, 0.5) is 13.2 Å². The summed E-state index contributed by atoms with van der Waals surface area (Å²) in [5.41, 5.74) is 1.30. The average Bonchev–Trinajstić information content (AvgIpc) is 2.40. The predicted octanol–water partition coefficient (Wildman–Crippen LogP) is 4.65. The second kappa shape index (κ2) is 6.96. The molecule has 0 aliphatic rings. The third-order valence-electron chi connectivity index (χ3n) is 3.16. The summed E-state index contributed by atoms with van der Waals surface area (Å²) in [6, 6.07) is 7.64. The van der Waals surface area contributed by atoms with Crippen molar-refractivity contribution in [1.29, 1.82) is 0 Å². The summed E-state index contributed by atoms with van der Waals surface area (Å²) < 4.78 is 39.7. The number of likely N-dealkylation sites (N-methyl/N-ethyl adjacent to an activating group) is 1. The van der Waals surface area contributed by atoms with Gasteiger partial charge in [-0.3, -0.25) is 0 Å². The van der Waals surface area contributed by atoms with Crippen LogP contribution in [0.1, 0.15) is 24.1 Å². The van der Waals surface area contributed by atoms with E-state index in [4.69, 9.17) is 11.6 Å².